The van der Waals surface area contributed by atoms with E-state index in [2.05, 4.69) is 58.2 Å². The van der Waals surface area contributed by atoms with Gasteiger partial charge in [0.2, 0.25) is 65.0 Å². The highest BCUT2D eigenvalue weighted by Crippen LogP contribution is 2.22. The molecule has 4 aromatic rings. The Morgan fingerprint density at radius 3 is 1.51 bits per heavy atom. The molecule has 0 unspecified atom stereocenters. The molecule has 0 aliphatic carbocycles. The summed E-state index contributed by atoms with van der Waals surface area (Å²) in [5.41, 5.74) is 19.1. The highest BCUT2D eigenvalue weighted by Gasteiger charge is 2.42. The standard InChI is InChI=1S/C67H90FN15O13/c1-4-30-72-55(86)37-51-61(91)81-53(38-84)63(93)77-50(35-43-23-27-45(85)28-24-43)62(92)82-56(39(2)3)65(95)75-46(18-11-29-69)57(87)76-48(34-42-21-25-44(68)26-22-42)60(90)80-52(36-41-16-9-6-10-17-41)66(96)83-32-13-20-54(83)64(94)79-49(33-40-14-7-5-8-15-40)59(89)74-47(58(88)78-51)19-12-31-73-67(70)71/h5-10,14-17,21-28,39,46-54,56,84-85H,4,11-13,18-20,29-38,69H2,1-3H3,(H,72,86)(H,74,89)(H,75,95)(H,76,87)(H,77,93)(H,78,88)(H,79,94)(H,80,90)(H,81,91)(H,82,92)(H4,70,71,73)/t46-,47+,48-,49+,50-,51+,52+,53-,54-,56-/m0/s1. The second-order valence-electron chi connectivity index (χ2n) is 24.1. The number of carbonyl (C=O) groups excluding carboxylic acids is 11. The van der Waals surface area contributed by atoms with E-state index in [4.69, 9.17) is 17.2 Å². The number of hydrogen-bond donors (Lipinski definition) is 15. The Kier molecular flexibility index (Phi) is 29.5. The van der Waals surface area contributed by atoms with E-state index in [9.17, 15) is 57.8 Å². The highest BCUT2D eigenvalue weighted by molar-refractivity contribution is 6.00. The molecule has 18 N–H and O–H groups in total. The van der Waals surface area contributed by atoms with E-state index in [1.54, 1.807) is 81.4 Å². The van der Waals surface area contributed by atoms with Gasteiger partial charge in [-0.2, -0.15) is 0 Å². The minimum atomic E-state index is -1.88. The Balaban J connectivity index is 1.47. The van der Waals surface area contributed by atoms with Gasteiger partial charge in [-0.3, -0.25) is 57.7 Å². The lowest BCUT2D eigenvalue weighted by Gasteiger charge is -2.31. The third kappa shape index (κ3) is 23.5. The SMILES string of the molecule is CCCNC(=O)C[C@H]1NC(=O)[C@@H](CCCN=C(N)N)NC(=O)[C@@H](Cc2ccccc2)NC(=O)[C@@H]2CCCN2C(=O)[C@@H](Cc2ccccc2)NC(=O)[C@H](Cc2ccc(F)cc2)NC(=O)[C@H](CCCN)NC(=O)[C@H](C(C)C)NC(=O)[C@H](Cc2ccc(O)cc2)NC(=O)[C@H](CO)NC1=O. The van der Waals surface area contributed by atoms with Crippen LogP contribution >= 0.6 is 0 Å². The molecule has 2 aliphatic heterocycles. The molecule has 29 heteroatoms. The van der Waals surface area contributed by atoms with Gasteiger partial charge in [-0.1, -0.05) is 106 Å². The minimum Gasteiger partial charge on any atom is -0.508 e. The van der Waals surface area contributed by atoms with E-state index in [0.717, 1.165) is 12.1 Å². The fourth-order valence-electron chi connectivity index (χ4n) is 11.0. The Bertz CT molecular complexity index is 3330. The molecule has 0 saturated carbocycles. The predicted molar refractivity (Wildman–Crippen MR) is 352 cm³/mol. The average Bonchev–Trinajstić information content (AvgIpc) is 1.51. The minimum absolute atomic E-state index is 0.0236. The number of fused-ring (bicyclic) bond motifs is 1. The summed E-state index contributed by atoms with van der Waals surface area (Å²) in [5, 5.41) is 47.3. The van der Waals surface area contributed by atoms with Gasteiger partial charge < -0.3 is 85.5 Å². The summed E-state index contributed by atoms with van der Waals surface area (Å²) in [5.74, 6) is -11.8. The molecule has 28 nitrogen and oxygen atoms in total. The summed E-state index contributed by atoms with van der Waals surface area (Å²) >= 11 is 0. The normalized spacial score (nSPS) is 23.3. The molecule has 2 aliphatic rings. The van der Waals surface area contributed by atoms with Crippen molar-refractivity contribution in [3.63, 3.8) is 0 Å². The molecule has 0 radical (unpaired) electrons. The lowest BCUT2D eigenvalue weighted by Crippen LogP contribution is -2.62. The van der Waals surface area contributed by atoms with Gasteiger partial charge in [-0.15, -0.1) is 0 Å². The second-order valence-corrected chi connectivity index (χ2v) is 24.1. The lowest BCUT2D eigenvalue weighted by molar-refractivity contribution is -0.142. The molecule has 11 amide bonds. The molecule has 4 aromatic carbocycles. The maximum Gasteiger partial charge on any atom is 0.246 e. The van der Waals surface area contributed by atoms with E-state index in [-0.39, 0.29) is 95.7 Å². The zero-order valence-electron chi connectivity index (χ0n) is 54.2. The van der Waals surface area contributed by atoms with E-state index in [1.165, 1.54) is 41.3 Å². The van der Waals surface area contributed by atoms with Gasteiger partial charge in [0.25, 0.3) is 0 Å². The van der Waals surface area contributed by atoms with Gasteiger partial charge in [-0.25, -0.2) is 4.39 Å². The van der Waals surface area contributed by atoms with Crippen LogP contribution in [0.2, 0.25) is 0 Å². The van der Waals surface area contributed by atoms with Gasteiger partial charge >= 0.3 is 0 Å². The zero-order chi connectivity index (χ0) is 69.8. The number of rotatable bonds is 21. The van der Waals surface area contributed by atoms with Gasteiger partial charge in [0.15, 0.2) is 5.96 Å². The summed E-state index contributed by atoms with van der Waals surface area (Å²) in [7, 11) is 0. The molecule has 6 rings (SSSR count). The van der Waals surface area contributed by atoms with Gasteiger partial charge in [0, 0.05) is 45.3 Å². The number of carbonyl (C=O) groups is 11. The number of nitrogens with one attached hydrogen (secondary N) is 10. The number of nitrogens with two attached hydrogens (primary N) is 3. The molecule has 10 atom stereocenters. The quantitative estimate of drug-likeness (QED) is 0.0257. The first-order valence-electron chi connectivity index (χ1n) is 32.2. The number of aliphatic imine (C=N–C) groups is 1. The van der Waals surface area contributed by atoms with Crippen molar-refractivity contribution in [2.75, 3.05) is 32.8 Å². The van der Waals surface area contributed by atoms with Crippen LogP contribution in [0.1, 0.15) is 94.4 Å². The van der Waals surface area contributed by atoms with E-state index >= 15 is 9.59 Å². The maximum atomic E-state index is 15.2. The van der Waals surface area contributed by atoms with Crippen LogP contribution in [0.25, 0.3) is 0 Å². The van der Waals surface area contributed by atoms with Crippen molar-refractivity contribution in [2.24, 2.45) is 28.1 Å². The number of nitrogens with zero attached hydrogens (tertiary/aromatic N) is 2. The first-order valence-corrected chi connectivity index (χ1v) is 32.2. The number of halogens is 1. The number of phenolic OH excluding ortho intramolecular Hbond substituents is 1. The zero-order valence-corrected chi connectivity index (χ0v) is 54.2. The molecular weight excluding hydrogens is 1240 g/mol. The van der Waals surface area contributed by atoms with Crippen molar-refractivity contribution >= 4 is 70.9 Å². The van der Waals surface area contributed by atoms with Crippen LogP contribution in [0.3, 0.4) is 0 Å². The largest absolute Gasteiger partial charge is 0.508 e. The van der Waals surface area contributed by atoms with E-state index < -0.39 is 150 Å². The number of benzene rings is 4. The molecular formula is C67H90FN15O13. The number of hydrogen-bond acceptors (Lipinski definition) is 15. The van der Waals surface area contributed by atoms with Crippen molar-refractivity contribution in [1.82, 2.24) is 58.1 Å². The summed E-state index contributed by atoms with van der Waals surface area (Å²) in [6, 6.07) is 12.5. The predicted octanol–water partition coefficient (Wildman–Crippen LogP) is -1.47. The Hall–Kier alpha value is -10.0. The third-order valence-electron chi connectivity index (χ3n) is 16.2. The molecule has 2 fully saturated rings. The summed E-state index contributed by atoms with van der Waals surface area (Å²) in [6.45, 7) is 4.03. The Morgan fingerprint density at radius 2 is 0.990 bits per heavy atom. The second kappa shape index (κ2) is 37.8. The van der Waals surface area contributed by atoms with Crippen LogP contribution in [0, 0.1) is 11.7 Å². The van der Waals surface area contributed by atoms with Gasteiger partial charge in [0.1, 0.15) is 72.0 Å². The fourth-order valence-corrected chi connectivity index (χ4v) is 11.0. The van der Waals surface area contributed by atoms with Crippen molar-refractivity contribution in [3.8, 4) is 5.75 Å². The first kappa shape index (κ1) is 75.0. The number of aromatic hydroxyl groups is 1. The van der Waals surface area contributed by atoms with Gasteiger partial charge in [0.05, 0.1) is 13.0 Å². The van der Waals surface area contributed by atoms with Crippen LogP contribution in [0.5, 0.6) is 5.75 Å². The number of amides is 11. The smallest absolute Gasteiger partial charge is 0.246 e. The van der Waals surface area contributed by atoms with Gasteiger partial charge in [-0.05, 0) is 104 Å². The summed E-state index contributed by atoms with van der Waals surface area (Å²) in [6.07, 6.45) is -0.801. The van der Waals surface area contributed by atoms with Crippen LogP contribution in [0.4, 0.5) is 4.39 Å². The van der Waals surface area contributed by atoms with Crippen LogP contribution < -0.4 is 70.4 Å². The number of aliphatic hydroxyl groups excluding tert-OH is 1. The third-order valence-corrected chi connectivity index (χ3v) is 16.2. The van der Waals surface area contributed by atoms with Crippen molar-refractivity contribution in [2.45, 2.75) is 158 Å². The Morgan fingerprint density at radius 1 is 0.562 bits per heavy atom. The van der Waals surface area contributed by atoms with Crippen molar-refractivity contribution < 1.29 is 67.3 Å². The van der Waals surface area contributed by atoms with Crippen LogP contribution in [0.15, 0.2) is 114 Å². The van der Waals surface area contributed by atoms with E-state index in [1.807, 2.05) is 0 Å². The molecule has 0 aromatic heterocycles. The molecule has 2 heterocycles. The Labute approximate surface area is 556 Å². The molecule has 2 saturated heterocycles. The van der Waals surface area contributed by atoms with Crippen molar-refractivity contribution in [3.05, 3.63) is 137 Å². The van der Waals surface area contributed by atoms with Crippen molar-refractivity contribution in [1.29, 1.82) is 0 Å². The summed E-state index contributed by atoms with van der Waals surface area (Å²) in [4.78, 5) is 166. The van der Waals surface area contributed by atoms with Crippen LogP contribution in [-0.2, 0) is 78.4 Å². The number of aliphatic hydroxyl groups is 1. The summed E-state index contributed by atoms with van der Waals surface area (Å²) < 4.78 is 14.4. The number of guanidine groups is 1. The molecule has 518 valence electrons. The number of phenols is 1. The fraction of sp³-hybridized carbons (Fsp3) is 0.463. The molecule has 96 heavy (non-hydrogen) atoms. The monoisotopic (exact) mass is 1330 g/mol. The topological polar surface area (TPSA) is 442 Å². The average molecular weight is 1330 g/mol. The molecule has 0 spiro atoms. The first-order chi connectivity index (χ1) is 46.0. The van der Waals surface area contributed by atoms with E-state index in [0.29, 0.717) is 35.1 Å². The maximum absolute atomic E-state index is 15.2. The highest BCUT2D eigenvalue weighted by atomic mass is 19.1. The van der Waals surface area contributed by atoms with Crippen LogP contribution in [-0.4, -0.2) is 179 Å². The molecule has 0 bridgehead atoms. The lowest BCUT2D eigenvalue weighted by atomic mass is 9.99.